The Morgan fingerprint density at radius 1 is 1.26 bits per heavy atom. The van der Waals surface area contributed by atoms with Crippen LogP contribution in [0.1, 0.15) is 37.0 Å². The predicted molar refractivity (Wildman–Crippen MR) is 74.2 cm³/mol. The van der Waals surface area contributed by atoms with Crippen molar-refractivity contribution in [1.82, 2.24) is 4.90 Å². The monoisotopic (exact) mass is 266 g/mol. The number of phenolic OH excluding ortho intramolecular Hbond substituents is 2. The molecule has 0 unspecified atom stereocenters. The van der Waals surface area contributed by atoms with Crippen LogP contribution in [0.15, 0.2) is 18.2 Å². The number of nitrogens with zero attached hydrogens (tertiary/aromatic N) is 1. The van der Waals surface area contributed by atoms with Crippen molar-refractivity contribution in [3.63, 3.8) is 0 Å². The highest BCUT2D eigenvalue weighted by atomic mass is 16.3. The lowest BCUT2D eigenvalue weighted by Crippen LogP contribution is -2.42. The van der Waals surface area contributed by atoms with E-state index in [4.69, 9.17) is 5.73 Å². The molecule has 0 aliphatic rings. The van der Waals surface area contributed by atoms with E-state index < -0.39 is 0 Å². The number of rotatable bonds is 6. The molecule has 1 aromatic carbocycles. The summed E-state index contributed by atoms with van der Waals surface area (Å²) in [6.45, 7) is 4.74. The molecule has 5 heteroatoms. The third-order valence-corrected chi connectivity index (χ3v) is 3.25. The summed E-state index contributed by atoms with van der Waals surface area (Å²) < 4.78 is 0. The standard InChI is InChI=1S/C14H22N2O3/c1-3-10(4-2)16(9-8-15)14(19)13-11(17)6-5-7-12(13)18/h5-7,10,17-18H,3-4,8-9,15H2,1-2H3. The molecule has 1 amide bonds. The summed E-state index contributed by atoms with van der Waals surface area (Å²) in [6.07, 6.45) is 1.60. The van der Waals surface area contributed by atoms with Crippen molar-refractivity contribution in [2.24, 2.45) is 5.73 Å². The van der Waals surface area contributed by atoms with Crippen molar-refractivity contribution in [1.29, 1.82) is 0 Å². The van der Waals surface area contributed by atoms with Gasteiger partial charge in [-0.05, 0) is 25.0 Å². The number of carbonyl (C=O) groups is 1. The van der Waals surface area contributed by atoms with Gasteiger partial charge in [0.15, 0.2) is 0 Å². The van der Waals surface area contributed by atoms with Crippen LogP contribution in [0, 0.1) is 0 Å². The third-order valence-electron chi connectivity index (χ3n) is 3.25. The lowest BCUT2D eigenvalue weighted by Gasteiger charge is -2.30. The van der Waals surface area contributed by atoms with Gasteiger partial charge in [-0.3, -0.25) is 4.79 Å². The first-order valence-corrected chi connectivity index (χ1v) is 6.58. The SMILES string of the molecule is CCC(CC)N(CCN)C(=O)c1c(O)cccc1O. The fourth-order valence-electron chi connectivity index (χ4n) is 2.21. The van der Waals surface area contributed by atoms with Crippen molar-refractivity contribution >= 4 is 5.91 Å². The van der Waals surface area contributed by atoms with Crippen molar-refractivity contribution in [2.45, 2.75) is 32.7 Å². The second-order valence-corrected chi connectivity index (χ2v) is 4.43. The highest BCUT2D eigenvalue weighted by molar-refractivity contribution is 5.99. The molecular formula is C14H22N2O3. The van der Waals surface area contributed by atoms with Crippen LogP contribution in [-0.2, 0) is 0 Å². The molecule has 4 N–H and O–H groups in total. The van der Waals surface area contributed by atoms with E-state index in [0.717, 1.165) is 12.8 Å². The molecule has 0 radical (unpaired) electrons. The minimum atomic E-state index is -0.380. The van der Waals surface area contributed by atoms with Gasteiger partial charge in [0.2, 0.25) is 0 Å². The van der Waals surface area contributed by atoms with E-state index in [1.165, 1.54) is 18.2 Å². The zero-order chi connectivity index (χ0) is 14.4. The molecule has 0 fully saturated rings. The van der Waals surface area contributed by atoms with Gasteiger partial charge in [-0.2, -0.15) is 0 Å². The first-order valence-electron chi connectivity index (χ1n) is 6.58. The summed E-state index contributed by atoms with van der Waals surface area (Å²) in [6, 6.07) is 4.32. The van der Waals surface area contributed by atoms with Crippen LogP contribution >= 0.6 is 0 Å². The van der Waals surface area contributed by atoms with E-state index in [1.807, 2.05) is 13.8 Å². The van der Waals surface area contributed by atoms with Crippen molar-refractivity contribution < 1.29 is 15.0 Å². The molecule has 5 nitrogen and oxygen atoms in total. The van der Waals surface area contributed by atoms with Gasteiger partial charge in [-0.1, -0.05) is 19.9 Å². The minimum Gasteiger partial charge on any atom is -0.507 e. The predicted octanol–water partition coefficient (Wildman–Crippen LogP) is 1.69. The number of benzene rings is 1. The molecular weight excluding hydrogens is 244 g/mol. The molecule has 0 spiro atoms. The maximum absolute atomic E-state index is 12.5. The van der Waals surface area contributed by atoms with Crippen LogP contribution in [0.2, 0.25) is 0 Å². The number of aromatic hydroxyl groups is 2. The molecule has 1 aromatic rings. The number of amides is 1. The molecule has 19 heavy (non-hydrogen) atoms. The van der Waals surface area contributed by atoms with E-state index in [9.17, 15) is 15.0 Å². The highest BCUT2D eigenvalue weighted by Crippen LogP contribution is 2.28. The Balaban J connectivity index is 3.12. The Morgan fingerprint density at radius 3 is 2.21 bits per heavy atom. The van der Waals surface area contributed by atoms with Gasteiger partial charge in [0.05, 0.1) is 0 Å². The van der Waals surface area contributed by atoms with Crippen LogP contribution in [0.3, 0.4) is 0 Å². The van der Waals surface area contributed by atoms with E-state index in [-0.39, 0.29) is 29.0 Å². The molecule has 0 atom stereocenters. The Kier molecular flexibility index (Phi) is 5.63. The van der Waals surface area contributed by atoms with Gasteiger partial charge in [0, 0.05) is 19.1 Å². The average Bonchev–Trinajstić information content (AvgIpc) is 2.38. The number of phenols is 2. The van der Waals surface area contributed by atoms with Crippen molar-refractivity contribution in [3.8, 4) is 11.5 Å². The largest absolute Gasteiger partial charge is 0.507 e. The van der Waals surface area contributed by atoms with Crippen LogP contribution in [-0.4, -0.2) is 40.2 Å². The maximum atomic E-state index is 12.5. The zero-order valence-corrected chi connectivity index (χ0v) is 11.5. The van der Waals surface area contributed by atoms with Gasteiger partial charge in [-0.15, -0.1) is 0 Å². The number of hydrogen-bond acceptors (Lipinski definition) is 4. The average molecular weight is 266 g/mol. The summed E-state index contributed by atoms with van der Waals surface area (Å²) in [5, 5.41) is 19.5. The molecule has 1 rings (SSSR count). The molecule has 0 aliphatic carbocycles. The third kappa shape index (κ3) is 3.38. The van der Waals surface area contributed by atoms with Crippen LogP contribution < -0.4 is 5.73 Å². The molecule has 0 aromatic heterocycles. The van der Waals surface area contributed by atoms with Crippen LogP contribution in [0.25, 0.3) is 0 Å². The summed E-state index contributed by atoms with van der Waals surface area (Å²) >= 11 is 0. The Bertz CT molecular complexity index is 410. The van der Waals surface area contributed by atoms with Gasteiger partial charge >= 0.3 is 0 Å². The van der Waals surface area contributed by atoms with E-state index in [0.29, 0.717) is 13.1 Å². The lowest BCUT2D eigenvalue weighted by atomic mass is 10.1. The molecule has 0 heterocycles. The lowest BCUT2D eigenvalue weighted by molar-refractivity contribution is 0.0668. The second-order valence-electron chi connectivity index (χ2n) is 4.43. The summed E-state index contributed by atoms with van der Waals surface area (Å²) in [5.41, 5.74) is 5.50. The van der Waals surface area contributed by atoms with E-state index >= 15 is 0 Å². The summed E-state index contributed by atoms with van der Waals surface area (Å²) in [7, 11) is 0. The smallest absolute Gasteiger partial charge is 0.261 e. The number of hydrogen-bond donors (Lipinski definition) is 3. The Hall–Kier alpha value is -1.75. The highest BCUT2D eigenvalue weighted by Gasteiger charge is 2.26. The fraction of sp³-hybridized carbons (Fsp3) is 0.500. The van der Waals surface area contributed by atoms with E-state index in [2.05, 4.69) is 0 Å². The molecule has 0 saturated carbocycles. The van der Waals surface area contributed by atoms with Crippen LogP contribution in [0.4, 0.5) is 0 Å². The number of nitrogens with two attached hydrogens (primary N) is 1. The minimum absolute atomic E-state index is 0.0510. The van der Waals surface area contributed by atoms with Gasteiger partial charge < -0.3 is 20.8 Å². The topological polar surface area (TPSA) is 86.8 Å². The van der Waals surface area contributed by atoms with E-state index in [1.54, 1.807) is 4.90 Å². The van der Waals surface area contributed by atoms with Crippen LogP contribution in [0.5, 0.6) is 11.5 Å². The molecule has 106 valence electrons. The molecule has 0 aliphatic heterocycles. The normalized spacial score (nSPS) is 10.7. The molecule has 0 bridgehead atoms. The molecule has 0 saturated heterocycles. The number of carbonyl (C=O) groups excluding carboxylic acids is 1. The Morgan fingerprint density at radius 2 is 1.79 bits per heavy atom. The Labute approximate surface area is 113 Å². The van der Waals surface area contributed by atoms with Gasteiger partial charge in [-0.25, -0.2) is 0 Å². The summed E-state index contributed by atoms with van der Waals surface area (Å²) in [4.78, 5) is 14.1. The maximum Gasteiger partial charge on any atom is 0.261 e. The quantitative estimate of drug-likeness (QED) is 0.731. The zero-order valence-electron chi connectivity index (χ0n) is 11.5. The first-order chi connectivity index (χ1) is 9.06. The van der Waals surface area contributed by atoms with Crippen molar-refractivity contribution in [2.75, 3.05) is 13.1 Å². The second kappa shape index (κ2) is 6.99. The summed E-state index contributed by atoms with van der Waals surface area (Å²) in [5.74, 6) is -0.800. The van der Waals surface area contributed by atoms with Gasteiger partial charge in [0.1, 0.15) is 17.1 Å². The van der Waals surface area contributed by atoms with Crippen molar-refractivity contribution in [3.05, 3.63) is 23.8 Å². The first kappa shape index (κ1) is 15.3. The fourth-order valence-corrected chi connectivity index (χ4v) is 2.21. The van der Waals surface area contributed by atoms with Gasteiger partial charge in [0.25, 0.3) is 5.91 Å².